The summed E-state index contributed by atoms with van der Waals surface area (Å²) < 4.78 is 0. The van der Waals surface area contributed by atoms with Crippen molar-refractivity contribution in [2.24, 2.45) is 0 Å². The molecular formula is C15H18N2O2S. The van der Waals surface area contributed by atoms with E-state index in [2.05, 4.69) is 4.98 Å². The van der Waals surface area contributed by atoms with E-state index in [1.807, 2.05) is 49.9 Å². The molecule has 1 N–H and O–H groups in total. The summed E-state index contributed by atoms with van der Waals surface area (Å²) in [6.07, 6.45) is 0. The van der Waals surface area contributed by atoms with Gasteiger partial charge < -0.3 is 10.0 Å². The highest BCUT2D eigenvalue weighted by Crippen LogP contribution is 2.23. The van der Waals surface area contributed by atoms with E-state index in [1.165, 1.54) is 0 Å². The lowest BCUT2D eigenvalue weighted by Crippen LogP contribution is -2.29. The molecule has 106 valence electrons. The zero-order chi connectivity index (χ0) is 14.7. The van der Waals surface area contributed by atoms with Crippen molar-refractivity contribution in [3.05, 3.63) is 45.4 Å². The second kappa shape index (κ2) is 6.05. The molecule has 20 heavy (non-hydrogen) atoms. The SMILES string of the molecule is Cc1ccc(N(CC(=O)O)Cc2sc(C)nc2C)cc1. The van der Waals surface area contributed by atoms with E-state index in [9.17, 15) is 4.79 Å². The van der Waals surface area contributed by atoms with Crippen LogP contribution >= 0.6 is 11.3 Å². The zero-order valence-corrected chi connectivity index (χ0v) is 12.7. The number of anilines is 1. The minimum absolute atomic E-state index is 0.0144. The molecule has 0 aliphatic rings. The van der Waals surface area contributed by atoms with Gasteiger partial charge in [0.2, 0.25) is 0 Å². The fraction of sp³-hybridized carbons (Fsp3) is 0.333. The van der Waals surface area contributed by atoms with Crippen LogP contribution in [0.5, 0.6) is 0 Å². The van der Waals surface area contributed by atoms with Crippen LogP contribution in [0.2, 0.25) is 0 Å². The van der Waals surface area contributed by atoms with E-state index in [0.717, 1.165) is 26.8 Å². The van der Waals surface area contributed by atoms with Gasteiger partial charge in [-0.2, -0.15) is 0 Å². The van der Waals surface area contributed by atoms with E-state index in [4.69, 9.17) is 5.11 Å². The third-order valence-electron chi connectivity index (χ3n) is 3.06. The van der Waals surface area contributed by atoms with Gasteiger partial charge in [0.05, 0.1) is 17.2 Å². The molecule has 1 heterocycles. The molecular weight excluding hydrogens is 272 g/mol. The molecule has 1 aromatic heterocycles. The van der Waals surface area contributed by atoms with Gasteiger partial charge in [-0.25, -0.2) is 4.98 Å². The van der Waals surface area contributed by atoms with Crippen molar-refractivity contribution >= 4 is 23.0 Å². The fourth-order valence-electron chi connectivity index (χ4n) is 2.05. The summed E-state index contributed by atoms with van der Waals surface area (Å²) in [6, 6.07) is 7.91. The molecule has 0 spiro atoms. The van der Waals surface area contributed by atoms with Gasteiger partial charge in [-0.05, 0) is 32.9 Å². The van der Waals surface area contributed by atoms with Crippen LogP contribution in [0.4, 0.5) is 5.69 Å². The quantitative estimate of drug-likeness (QED) is 0.919. The number of aromatic nitrogens is 1. The summed E-state index contributed by atoms with van der Waals surface area (Å²) in [5.74, 6) is -0.829. The van der Waals surface area contributed by atoms with E-state index >= 15 is 0 Å². The standard InChI is InChI=1S/C15H18N2O2S/c1-10-4-6-13(7-5-10)17(9-15(18)19)8-14-11(2)16-12(3)20-14/h4-7H,8-9H2,1-3H3,(H,18,19). The minimum atomic E-state index is -0.829. The number of aliphatic carboxylic acids is 1. The number of hydrogen-bond acceptors (Lipinski definition) is 4. The maximum atomic E-state index is 11.1. The van der Waals surface area contributed by atoms with E-state index in [1.54, 1.807) is 11.3 Å². The number of aryl methyl sites for hydroxylation is 3. The molecule has 0 radical (unpaired) electrons. The van der Waals surface area contributed by atoms with Crippen LogP contribution in [0, 0.1) is 20.8 Å². The van der Waals surface area contributed by atoms with Crippen molar-refractivity contribution in [2.75, 3.05) is 11.4 Å². The normalized spacial score (nSPS) is 10.6. The van der Waals surface area contributed by atoms with Gasteiger partial charge in [-0.1, -0.05) is 17.7 Å². The lowest BCUT2D eigenvalue weighted by molar-refractivity contribution is -0.135. The number of benzene rings is 1. The molecule has 2 rings (SSSR count). The highest BCUT2D eigenvalue weighted by Gasteiger charge is 2.14. The molecule has 1 aromatic carbocycles. The molecule has 0 bridgehead atoms. The van der Waals surface area contributed by atoms with Crippen LogP contribution in [0.3, 0.4) is 0 Å². The van der Waals surface area contributed by atoms with E-state index in [-0.39, 0.29) is 6.54 Å². The summed E-state index contributed by atoms with van der Waals surface area (Å²) in [4.78, 5) is 18.4. The van der Waals surface area contributed by atoms with Crippen molar-refractivity contribution in [2.45, 2.75) is 27.3 Å². The molecule has 0 unspecified atom stereocenters. The Bertz CT molecular complexity index is 605. The summed E-state index contributed by atoms with van der Waals surface area (Å²) >= 11 is 1.62. The zero-order valence-electron chi connectivity index (χ0n) is 11.9. The average Bonchev–Trinajstić information content (AvgIpc) is 2.67. The Labute approximate surface area is 122 Å². The Kier molecular flexibility index (Phi) is 4.39. The average molecular weight is 290 g/mol. The van der Waals surface area contributed by atoms with Crippen LogP contribution in [0.15, 0.2) is 24.3 Å². The summed E-state index contributed by atoms with van der Waals surface area (Å²) in [5, 5.41) is 10.1. The number of nitrogens with zero attached hydrogens (tertiary/aromatic N) is 2. The van der Waals surface area contributed by atoms with Gasteiger partial charge in [-0.15, -0.1) is 11.3 Å². The van der Waals surface area contributed by atoms with Crippen LogP contribution in [-0.2, 0) is 11.3 Å². The Morgan fingerprint density at radius 2 is 1.90 bits per heavy atom. The smallest absolute Gasteiger partial charge is 0.323 e. The number of rotatable bonds is 5. The first-order valence-electron chi connectivity index (χ1n) is 6.42. The van der Waals surface area contributed by atoms with Crippen molar-refractivity contribution in [3.63, 3.8) is 0 Å². The molecule has 0 fully saturated rings. The van der Waals surface area contributed by atoms with Crippen LogP contribution < -0.4 is 4.90 Å². The van der Waals surface area contributed by atoms with Crippen molar-refractivity contribution in [1.29, 1.82) is 0 Å². The predicted molar refractivity (Wildman–Crippen MR) is 81.5 cm³/mol. The third-order valence-corrected chi connectivity index (χ3v) is 4.12. The summed E-state index contributed by atoms with van der Waals surface area (Å²) in [5.41, 5.74) is 3.06. The number of thiazole rings is 1. The molecule has 0 atom stereocenters. The molecule has 0 saturated carbocycles. The Hall–Kier alpha value is -1.88. The first kappa shape index (κ1) is 14.5. The predicted octanol–water partition coefficient (Wildman–Crippen LogP) is 3.16. The van der Waals surface area contributed by atoms with Crippen LogP contribution in [0.25, 0.3) is 0 Å². The summed E-state index contributed by atoms with van der Waals surface area (Å²) in [7, 11) is 0. The lowest BCUT2D eigenvalue weighted by atomic mass is 10.2. The fourth-order valence-corrected chi connectivity index (χ4v) is 3.00. The van der Waals surface area contributed by atoms with E-state index < -0.39 is 5.97 Å². The lowest BCUT2D eigenvalue weighted by Gasteiger charge is -2.22. The van der Waals surface area contributed by atoms with Crippen LogP contribution in [0.1, 0.15) is 21.1 Å². The van der Waals surface area contributed by atoms with Gasteiger partial charge in [0.15, 0.2) is 0 Å². The summed E-state index contributed by atoms with van der Waals surface area (Å²) in [6.45, 7) is 6.51. The highest BCUT2D eigenvalue weighted by molar-refractivity contribution is 7.11. The van der Waals surface area contributed by atoms with Gasteiger partial charge in [0.25, 0.3) is 0 Å². The molecule has 5 heteroatoms. The molecule has 0 saturated heterocycles. The van der Waals surface area contributed by atoms with Crippen molar-refractivity contribution < 1.29 is 9.90 Å². The maximum absolute atomic E-state index is 11.1. The van der Waals surface area contributed by atoms with Gasteiger partial charge in [0.1, 0.15) is 6.54 Å². The van der Waals surface area contributed by atoms with Crippen molar-refractivity contribution in [3.8, 4) is 0 Å². The second-order valence-corrected chi connectivity index (χ2v) is 6.11. The van der Waals surface area contributed by atoms with Crippen molar-refractivity contribution in [1.82, 2.24) is 4.98 Å². The van der Waals surface area contributed by atoms with Crippen LogP contribution in [-0.4, -0.2) is 22.6 Å². The first-order valence-corrected chi connectivity index (χ1v) is 7.23. The Balaban J connectivity index is 2.25. The number of carboxylic acid groups (broad SMARTS) is 1. The largest absolute Gasteiger partial charge is 0.480 e. The highest BCUT2D eigenvalue weighted by atomic mass is 32.1. The van der Waals surface area contributed by atoms with Gasteiger partial charge in [0, 0.05) is 10.6 Å². The number of carboxylic acids is 1. The number of hydrogen-bond donors (Lipinski definition) is 1. The Morgan fingerprint density at radius 1 is 1.25 bits per heavy atom. The second-order valence-electron chi connectivity index (χ2n) is 4.83. The Morgan fingerprint density at radius 3 is 2.40 bits per heavy atom. The monoisotopic (exact) mass is 290 g/mol. The molecule has 4 nitrogen and oxygen atoms in total. The topological polar surface area (TPSA) is 53.4 Å². The molecule has 0 aliphatic heterocycles. The van der Waals surface area contributed by atoms with E-state index in [0.29, 0.717) is 6.54 Å². The molecule has 0 aliphatic carbocycles. The molecule has 2 aromatic rings. The number of carbonyl (C=O) groups is 1. The first-order chi connectivity index (χ1) is 9.45. The minimum Gasteiger partial charge on any atom is -0.480 e. The van der Waals surface area contributed by atoms with Gasteiger partial charge >= 0.3 is 5.97 Å². The maximum Gasteiger partial charge on any atom is 0.323 e. The van der Waals surface area contributed by atoms with Gasteiger partial charge in [-0.3, -0.25) is 4.79 Å². The molecule has 0 amide bonds. The third kappa shape index (κ3) is 3.57.